The molecule has 28 heavy (non-hydrogen) atoms. The maximum absolute atomic E-state index is 12.2. The number of carbonyl (C=O) groups excluding carboxylic acids is 1. The summed E-state index contributed by atoms with van der Waals surface area (Å²) in [6.45, 7) is 1.90. The largest absolute Gasteiger partial charge is 0.382 e. The van der Waals surface area contributed by atoms with Crippen molar-refractivity contribution in [3.05, 3.63) is 65.3 Å². The van der Waals surface area contributed by atoms with Gasteiger partial charge in [0.1, 0.15) is 0 Å². The smallest absolute Gasteiger partial charge is 0.323 e. The second kappa shape index (κ2) is 7.21. The number of pyridine rings is 1. The maximum atomic E-state index is 12.2. The van der Waals surface area contributed by atoms with Gasteiger partial charge < -0.3 is 16.4 Å². The first-order valence-electron chi connectivity index (χ1n) is 8.54. The third-order valence-electron chi connectivity index (χ3n) is 4.37. The van der Waals surface area contributed by atoms with Crippen LogP contribution in [0.15, 0.2) is 54.7 Å². The number of nitrogens with two attached hydrogens (primary N) is 1. The van der Waals surface area contributed by atoms with Crippen LogP contribution in [0, 0.1) is 6.92 Å². The van der Waals surface area contributed by atoms with Crippen LogP contribution in [0.3, 0.4) is 0 Å². The van der Waals surface area contributed by atoms with Gasteiger partial charge in [-0.1, -0.05) is 29.8 Å². The minimum absolute atomic E-state index is 0.349. The standard InChI is InChI=1S/C20H17ClN6O/c1-11-2-5-14(10-16(11)21)25-20(28)24-13-6-3-12(4-7-13)15-8-9-23-19-17(15)18(22)26-27-19/h2-10H,1H3,(H2,24,25,28)(H3,22,23,26,27). The molecule has 0 radical (unpaired) electrons. The van der Waals surface area contributed by atoms with Gasteiger partial charge in [0.25, 0.3) is 0 Å². The molecule has 0 aliphatic heterocycles. The van der Waals surface area contributed by atoms with Gasteiger partial charge in [0, 0.05) is 22.6 Å². The summed E-state index contributed by atoms with van der Waals surface area (Å²) in [6, 6.07) is 14.3. The minimum atomic E-state index is -0.349. The Balaban J connectivity index is 1.51. The highest BCUT2D eigenvalue weighted by Crippen LogP contribution is 2.30. The summed E-state index contributed by atoms with van der Waals surface area (Å²) in [5, 5.41) is 13.7. The number of amides is 2. The van der Waals surface area contributed by atoms with E-state index in [2.05, 4.69) is 25.8 Å². The fourth-order valence-corrected chi connectivity index (χ4v) is 3.09. The van der Waals surface area contributed by atoms with E-state index < -0.39 is 0 Å². The third-order valence-corrected chi connectivity index (χ3v) is 4.78. The van der Waals surface area contributed by atoms with Gasteiger partial charge in [0.15, 0.2) is 11.5 Å². The number of nitrogens with zero attached hydrogens (tertiary/aromatic N) is 2. The number of aryl methyl sites for hydroxylation is 1. The third kappa shape index (κ3) is 3.47. The Hall–Kier alpha value is -3.58. The first-order chi connectivity index (χ1) is 13.5. The molecule has 140 valence electrons. The predicted molar refractivity (Wildman–Crippen MR) is 113 cm³/mol. The van der Waals surface area contributed by atoms with E-state index in [1.807, 2.05) is 43.3 Å². The van der Waals surface area contributed by atoms with Crippen molar-refractivity contribution in [1.82, 2.24) is 15.2 Å². The SMILES string of the molecule is Cc1ccc(NC(=O)Nc2ccc(-c3ccnc4[nH]nc(N)c34)cc2)cc1Cl. The van der Waals surface area contributed by atoms with Gasteiger partial charge in [-0.15, -0.1) is 0 Å². The van der Waals surface area contributed by atoms with Gasteiger partial charge in [-0.3, -0.25) is 5.10 Å². The summed E-state index contributed by atoms with van der Waals surface area (Å²) in [7, 11) is 0. The molecule has 0 spiro atoms. The number of halogens is 1. The number of aromatic amines is 1. The zero-order valence-electron chi connectivity index (χ0n) is 15.0. The average Bonchev–Trinajstić information content (AvgIpc) is 3.07. The molecule has 0 saturated carbocycles. The van der Waals surface area contributed by atoms with Crippen molar-refractivity contribution in [2.45, 2.75) is 6.92 Å². The molecule has 0 unspecified atom stereocenters. The molecule has 0 aliphatic rings. The van der Waals surface area contributed by atoms with Gasteiger partial charge in [-0.25, -0.2) is 9.78 Å². The van der Waals surface area contributed by atoms with Gasteiger partial charge in [-0.2, -0.15) is 5.10 Å². The Bertz CT molecular complexity index is 1170. The molecular weight excluding hydrogens is 376 g/mol. The molecule has 2 aromatic heterocycles. The highest BCUT2D eigenvalue weighted by Gasteiger charge is 2.11. The van der Waals surface area contributed by atoms with Crippen molar-refractivity contribution < 1.29 is 4.79 Å². The Morgan fingerprint density at radius 1 is 1.07 bits per heavy atom. The Kier molecular flexibility index (Phi) is 4.58. The van der Waals surface area contributed by atoms with Crippen LogP contribution in [-0.4, -0.2) is 21.2 Å². The molecule has 5 N–H and O–H groups in total. The molecule has 4 aromatic rings. The molecule has 0 saturated heterocycles. The van der Waals surface area contributed by atoms with Gasteiger partial charge in [0.2, 0.25) is 0 Å². The van der Waals surface area contributed by atoms with Crippen molar-refractivity contribution in [2.75, 3.05) is 16.4 Å². The van der Waals surface area contributed by atoms with Gasteiger partial charge in [-0.05, 0) is 53.9 Å². The highest BCUT2D eigenvalue weighted by atomic mass is 35.5. The molecule has 2 heterocycles. The average molecular weight is 393 g/mol. The Labute approximate surface area is 165 Å². The van der Waals surface area contributed by atoms with Crippen LogP contribution in [0.4, 0.5) is 22.0 Å². The van der Waals surface area contributed by atoms with E-state index in [1.54, 1.807) is 18.3 Å². The summed E-state index contributed by atoms with van der Waals surface area (Å²) < 4.78 is 0. The zero-order chi connectivity index (χ0) is 19.7. The number of hydrogen-bond donors (Lipinski definition) is 4. The van der Waals surface area contributed by atoms with Crippen LogP contribution in [0.2, 0.25) is 5.02 Å². The van der Waals surface area contributed by atoms with Crippen LogP contribution in [-0.2, 0) is 0 Å². The van der Waals surface area contributed by atoms with Crippen LogP contribution < -0.4 is 16.4 Å². The lowest BCUT2D eigenvalue weighted by Crippen LogP contribution is -2.19. The fraction of sp³-hybridized carbons (Fsp3) is 0.0500. The number of carbonyl (C=O) groups is 1. The summed E-state index contributed by atoms with van der Waals surface area (Å²) >= 11 is 6.09. The number of urea groups is 1. The molecule has 4 rings (SSSR count). The molecule has 2 amide bonds. The Morgan fingerprint density at radius 2 is 1.79 bits per heavy atom. The first kappa shape index (κ1) is 17.8. The molecule has 0 aliphatic carbocycles. The zero-order valence-corrected chi connectivity index (χ0v) is 15.7. The molecule has 2 aromatic carbocycles. The summed E-state index contributed by atoms with van der Waals surface area (Å²) in [5.41, 5.74) is 10.7. The van der Waals surface area contributed by atoms with Gasteiger partial charge in [0.05, 0.1) is 5.39 Å². The van der Waals surface area contributed by atoms with E-state index in [4.69, 9.17) is 17.3 Å². The van der Waals surface area contributed by atoms with Crippen LogP contribution in [0.5, 0.6) is 0 Å². The topological polar surface area (TPSA) is 109 Å². The number of rotatable bonds is 3. The minimum Gasteiger partial charge on any atom is -0.382 e. The first-order valence-corrected chi connectivity index (χ1v) is 8.92. The van der Waals surface area contributed by atoms with E-state index in [1.165, 1.54) is 0 Å². The lowest BCUT2D eigenvalue weighted by molar-refractivity contribution is 0.262. The monoisotopic (exact) mass is 392 g/mol. The second-order valence-electron chi connectivity index (χ2n) is 6.31. The number of benzene rings is 2. The quantitative estimate of drug-likeness (QED) is 0.401. The predicted octanol–water partition coefficient (Wildman–Crippen LogP) is 4.81. The van der Waals surface area contributed by atoms with Crippen LogP contribution in [0.25, 0.3) is 22.2 Å². The van der Waals surface area contributed by atoms with Crippen molar-refractivity contribution in [3.8, 4) is 11.1 Å². The van der Waals surface area contributed by atoms with E-state index in [0.717, 1.165) is 22.1 Å². The number of anilines is 3. The lowest BCUT2D eigenvalue weighted by atomic mass is 10.0. The fourth-order valence-electron chi connectivity index (χ4n) is 2.91. The van der Waals surface area contributed by atoms with E-state index >= 15 is 0 Å². The summed E-state index contributed by atoms with van der Waals surface area (Å²) in [5.74, 6) is 0.399. The molecule has 0 fully saturated rings. The summed E-state index contributed by atoms with van der Waals surface area (Å²) in [6.07, 6.45) is 1.70. The van der Waals surface area contributed by atoms with Crippen molar-refractivity contribution in [2.24, 2.45) is 0 Å². The van der Waals surface area contributed by atoms with Crippen molar-refractivity contribution >= 4 is 45.9 Å². The van der Waals surface area contributed by atoms with E-state index in [9.17, 15) is 4.79 Å². The number of nitrogens with one attached hydrogen (secondary N) is 3. The maximum Gasteiger partial charge on any atom is 0.323 e. The van der Waals surface area contributed by atoms with E-state index in [-0.39, 0.29) is 6.03 Å². The summed E-state index contributed by atoms with van der Waals surface area (Å²) in [4.78, 5) is 16.4. The van der Waals surface area contributed by atoms with E-state index in [0.29, 0.717) is 27.9 Å². The second-order valence-corrected chi connectivity index (χ2v) is 6.72. The number of hydrogen-bond acceptors (Lipinski definition) is 4. The van der Waals surface area contributed by atoms with Crippen molar-refractivity contribution in [1.29, 1.82) is 0 Å². The molecule has 0 atom stereocenters. The molecule has 7 nitrogen and oxygen atoms in total. The van der Waals surface area contributed by atoms with Crippen LogP contribution >= 0.6 is 11.6 Å². The Morgan fingerprint density at radius 3 is 2.54 bits per heavy atom. The number of nitrogen functional groups attached to an aromatic ring is 1. The highest BCUT2D eigenvalue weighted by molar-refractivity contribution is 6.31. The lowest BCUT2D eigenvalue weighted by Gasteiger charge is -2.10. The number of fused-ring (bicyclic) bond motifs is 1. The molecule has 8 heteroatoms. The molecular formula is C20H17ClN6O. The normalized spacial score (nSPS) is 10.8. The molecule has 0 bridgehead atoms. The van der Waals surface area contributed by atoms with Crippen LogP contribution in [0.1, 0.15) is 5.56 Å². The van der Waals surface area contributed by atoms with Crippen molar-refractivity contribution in [3.63, 3.8) is 0 Å². The number of aromatic nitrogens is 3. The van der Waals surface area contributed by atoms with Gasteiger partial charge >= 0.3 is 6.03 Å². The number of H-pyrrole nitrogens is 1.